The number of fused-ring (bicyclic) bond motifs is 6. The summed E-state index contributed by atoms with van der Waals surface area (Å²) in [6, 6.07) is 86.3. The summed E-state index contributed by atoms with van der Waals surface area (Å²) in [5, 5.41) is 9.91. The molecule has 0 saturated carbocycles. The molecule has 0 fully saturated rings. The van der Waals surface area contributed by atoms with Crippen molar-refractivity contribution in [3.05, 3.63) is 237 Å². The van der Waals surface area contributed by atoms with Crippen LogP contribution in [-0.2, 0) is 0 Å². The minimum absolute atomic E-state index is 1.13. The summed E-state index contributed by atoms with van der Waals surface area (Å²) in [5.74, 6) is 0. The Balaban J connectivity index is 1.15. The summed E-state index contributed by atoms with van der Waals surface area (Å²) in [5.41, 5.74) is 13.1. The molecule has 0 spiro atoms. The first-order valence-electron chi connectivity index (χ1n) is 20.3. The third kappa shape index (κ3) is 6.12. The Morgan fingerprint density at radius 2 is 0.576 bits per heavy atom. The van der Waals surface area contributed by atoms with Crippen molar-refractivity contribution in [3.8, 4) is 44.5 Å². The second kappa shape index (κ2) is 14.6. The van der Waals surface area contributed by atoms with Gasteiger partial charge < -0.3 is 4.90 Å². The Bertz CT molecular complexity index is 3200. The molecule has 0 unspecified atom stereocenters. The number of benzene rings is 11. The van der Waals surface area contributed by atoms with Crippen LogP contribution in [0.2, 0.25) is 0 Å². The number of para-hydroxylation sites is 2. The van der Waals surface area contributed by atoms with Gasteiger partial charge in [-0.1, -0.05) is 176 Å². The van der Waals surface area contributed by atoms with Crippen LogP contribution in [-0.4, -0.2) is 0 Å². The van der Waals surface area contributed by atoms with E-state index in [0.29, 0.717) is 0 Å². The first-order valence-corrected chi connectivity index (χ1v) is 20.3. The van der Waals surface area contributed by atoms with Gasteiger partial charge in [0.1, 0.15) is 0 Å². The van der Waals surface area contributed by atoms with Gasteiger partial charge in [-0.05, 0) is 143 Å². The van der Waals surface area contributed by atoms with E-state index in [1.54, 1.807) is 0 Å². The maximum absolute atomic E-state index is 2.45. The number of hydrogen-bond donors (Lipinski definition) is 0. The molecule has 11 aromatic carbocycles. The van der Waals surface area contributed by atoms with E-state index in [1.165, 1.54) is 87.6 Å². The Kier molecular flexibility index (Phi) is 8.56. The summed E-state index contributed by atoms with van der Waals surface area (Å²) in [7, 11) is 0. The van der Waals surface area contributed by atoms with Crippen LogP contribution in [0.3, 0.4) is 0 Å². The van der Waals surface area contributed by atoms with Crippen LogP contribution in [0, 0.1) is 0 Å². The van der Waals surface area contributed by atoms with Crippen molar-refractivity contribution in [2.45, 2.75) is 0 Å². The van der Waals surface area contributed by atoms with Crippen molar-refractivity contribution < 1.29 is 0 Å². The highest BCUT2D eigenvalue weighted by Gasteiger charge is 2.20. The zero-order chi connectivity index (χ0) is 39.1. The molecule has 11 aromatic rings. The first-order chi connectivity index (χ1) is 29.3. The molecule has 0 aromatic heterocycles. The van der Waals surface area contributed by atoms with Gasteiger partial charge in [-0.25, -0.2) is 0 Å². The van der Waals surface area contributed by atoms with Gasteiger partial charge in [0.25, 0.3) is 0 Å². The lowest BCUT2D eigenvalue weighted by Crippen LogP contribution is -2.10. The Labute approximate surface area is 344 Å². The fraction of sp³-hybridized carbons (Fsp3) is 0. The molecule has 0 bridgehead atoms. The number of anilines is 3. The fourth-order valence-corrected chi connectivity index (χ4v) is 9.08. The lowest BCUT2D eigenvalue weighted by molar-refractivity contribution is 1.30. The zero-order valence-electron chi connectivity index (χ0n) is 32.5. The van der Waals surface area contributed by atoms with Gasteiger partial charge in [0.05, 0.1) is 5.69 Å². The molecule has 0 saturated heterocycles. The van der Waals surface area contributed by atoms with Crippen molar-refractivity contribution in [1.82, 2.24) is 0 Å². The topological polar surface area (TPSA) is 3.24 Å². The fourth-order valence-electron chi connectivity index (χ4n) is 9.08. The summed E-state index contributed by atoms with van der Waals surface area (Å²) < 4.78 is 0. The smallest absolute Gasteiger partial charge is 0.0540 e. The molecule has 0 amide bonds. The minimum atomic E-state index is 1.13. The molecule has 0 aliphatic rings. The molecule has 0 aliphatic carbocycles. The highest BCUT2D eigenvalue weighted by Crippen LogP contribution is 2.46. The largest absolute Gasteiger partial charge is 0.310 e. The number of hydrogen-bond acceptors (Lipinski definition) is 1. The van der Waals surface area contributed by atoms with E-state index in [-0.39, 0.29) is 0 Å². The molecule has 1 nitrogen and oxygen atoms in total. The highest BCUT2D eigenvalue weighted by atomic mass is 15.1. The van der Waals surface area contributed by atoms with Gasteiger partial charge >= 0.3 is 0 Å². The Morgan fingerprint density at radius 1 is 0.203 bits per heavy atom. The lowest BCUT2D eigenvalue weighted by Gasteiger charge is -2.27. The van der Waals surface area contributed by atoms with Gasteiger partial charge in [0.2, 0.25) is 0 Å². The molecule has 59 heavy (non-hydrogen) atoms. The van der Waals surface area contributed by atoms with Gasteiger partial charge in [-0.3, -0.25) is 0 Å². The standard InChI is InChI=1S/C58H39N/c1-5-19-40(20-6-1)42-35-43(41-21-7-2-8-22-41)37-44(36-42)54-38-56-51-31-16-15-30-50(51)55(39-57(56)49-29-14-13-28-48(49)54)52-33-34-58(53-32-18-17-27-47(52)53)59(45-23-9-3-10-24-45)46-25-11-4-12-26-46/h1-39H. The van der Waals surface area contributed by atoms with Gasteiger partial charge in [0, 0.05) is 16.8 Å². The van der Waals surface area contributed by atoms with Crippen molar-refractivity contribution in [3.63, 3.8) is 0 Å². The maximum Gasteiger partial charge on any atom is 0.0540 e. The van der Waals surface area contributed by atoms with Crippen LogP contribution in [0.5, 0.6) is 0 Å². The molecule has 0 atom stereocenters. The van der Waals surface area contributed by atoms with Crippen molar-refractivity contribution in [2.75, 3.05) is 4.90 Å². The van der Waals surface area contributed by atoms with Crippen LogP contribution in [0.4, 0.5) is 17.1 Å². The predicted molar refractivity (Wildman–Crippen MR) is 253 cm³/mol. The van der Waals surface area contributed by atoms with Crippen LogP contribution < -0.4 is 4.90 Å². The Morgan fingerprint density at radius 3 is 1.08 bits per heavy atom. The lowest BCUT2D eigenvalue weighted by atomic mass is 9.85. The SMILES string of the molecule is c1ccc(-c2cc(-c3ccccc3)cc(-c3cc4c5ccccc5c(-c5ccc(N(c6ccccc6)c6ccccc6)c6ccccc56)cc4c4ccccc34)c2)cc1. The molecular formula is C58H39N. The minimum Gasteiger partial charge on any atom is -0.310 e. The quantitative estimate of drug-likeness (QED) is 0.147. The molecule has 11 rings (SSSR count). The van der Waals surface area contributed by atoms with Crippen molar-refractivity contribution in [1.29, 1.82) is 0 Å². The van der Waals surface area contributed by atoms with Crippen LogP contribution >= 0.6 is 0 Å². The van der Waals surface area contributed by atoms with E-state index in [0.717, 1.165) is 17.1 Å². The van der Waals surface area contributed by atoms with E-state index >= 15 is 0 Å². The van der Waals surface area contributed by atoms with Gasteiger partial charge in [-0.2, -0.15) is 0 Å². The molecule has 276 valence electrons. The van der Waals surface area contributed by atoms with E-state index in [2.05, 4.69) is 241 Å². The van der Waals surface area contributed by atoms with Crippen molar-refractivity contribution in [2.24, 2.45) is 0 Å². The normalized spacial score (nSPS) is 11.4. The molecule has 0 heterocycles. The van der Waals surface area contributed by atoms with Crippen LogP contribution in [0.1, 0.15) is 0 Å². The van der Waals surface area contributed by atoms with Crippen LogP contribution in [0.25, 0.3) is 87.6 Å². The first kappa shape index (κ1) is 34.5. The number of rotatable bonds is 7. The highest BCUT2D eigenvalue weighted by molar-refractivity contribution is 6.25. The second-order valence-corrected chi connectivity index (χ2v) is 15.2. The summed E-state index contributed by atoms with van der Waals surface area (Å²) in [6.45, 7) is 0. The summed E-state index contributed by atoms with van der Waals surface area (Å²) in [4.78, 5) is 2.37. The van der Waals surface area contributed by atoms with Crippen molar-refractivity contribution >= 4 is 60.2 Å². The third-order valence-electron chi connectivity index (χ3n) is 11.8. The van der Waals surface area contributed by atoms with E-state index in [1.807, 2.05) is 0 Å². The average Bonchev–Trinajstić information content (AvgIpc) is 3.32. The monoisotopic (exact) mass is 749 g/mol. The predicted octanol–water partition coefficient (Wildman–Crippen LogP) is 16.4. The Hall–Kier alpha value is -7.74. The van der Waals surface area contributed by atoms with E-state index in [4.69, 9.17) is 0 Å². The summed E-state index contributed by atoms with van der Waals surface area (Å²) in [6.07, 6.45) is 0. The third-order valence-corrected chi connectivity index (χ3v) is 11.8. The number of nitrogens with zero attached hydrogens (tertiary/aromatic N) is 1. The van der Waals surface area contributed by atoms with E-state index < -0.39 is 0 Å². The average molecular weight is 750 g/mol. The molecule has 0 N–H and O–H groups in total. The summed E-state index contributed by atoms with van der Waals surface area (Å²) >= 11 is 0. The molecule has 0 aliphatic heterocycles. The molecule has 0 radical (unpaired) electrons. The maximum atomic E-state index is 2.45. The van der Waals surface area contributed by atoms with E-state index in [9.17, 15) is 0 Å². The van der Waals surface area contributed by atoms with Gasteiger partial charge in [-0.15, -0.1) is 0 Å². The molecular weight excluding hydrogens is 711 g/mol. The molecule has 1 heteroatoms. The van der Waals surface area contributed by atoms with Crippen LogP contribution in [0.15, 0.2) is 237 Å². The zero-order valence-corrected chi connectivity index (χ0v) is 32.5. The van der Waals surface area contributed by atoms with Gasteiger partial charge in [0.15, 0.2) is 0 Å². The second-order valence-electron chi connectivity index (χ2n) is 15.2.